The summed E-state index contributed by atoms with van der Waals surface area (Å²) in [6.07, 6.45) is 4.09. The molecule has 0 heterocycles. The normalized spacial score (nSPS) is 15.1. The molecule has 1 N–H and O–H groups in total. The van der Waals surface area contributed by atoms with E-state index >= 15 is 0 Å². The largest absolute Gasteiger partial charge is 0.495 e. The molecule has 0 spiro atoms. The third-order valence-electron chi connectivity index (χ3n) is 2.73. The molecule has 0 bridgehead atoms. The molecule has 0 saturated heterocycles. The van der Waals surface area contributed by atoms with Crippen LogP contribution in [0, 0.1) is 5.92 Å². The molecule has 1 aromatic rings. The first-order valence-corrected chi connectivity index (χ1v) is 5.75. The van der Waals surface area contributed by atoms with Crippen LogP contribution in [0.3, 0.4) is 0 Å². The van der Waals surface area contributed by atoms with Crippen molar-refractivity contribution in [1.82, 2.24) is 0 Å². The summed E-state index contributed by atoms with van der Waals surface area (Å²) in [6, 6.07) is 5.78. The molecule has 0 aromatic heterocycles. The van der Waals surface area contributed by atoms with Gasteiger partial charge < -0.3 is 10.1 Å². The Morgan fingerprint density at radius 1 is 1.47 bits per heavy atom. The van der Waals surface area contributed by atoms with E-state index in [0.717, 1.165) is 23.9 Å². The van der Waals surface area contributed by atoms with Gasteiger partial charge in [0, 0.05) is 18.3 Å². The molecule has 2 nitrogen and oxygen atoms in total. The molecule has 0 unspecified atom stereocenters. The number of anilines is 1. The van der Waals surface area contributed by atoms with E-state index in [2.05, 4.69) is 5.32 Å². The van der Waals surface area contributed by atoms with Crippen molar-refractivity contribution >= 4 is 17.3 Å². The van der Waals surface area contributed by atoms with Crippen molar-refractivity contribution in [3.63, 3.8) is 0 Å². The minimum Gasteiger partial charge on any atom is -0.495 e. The molecule has 1 aromatic carbocycles. The average molecular weight is 226 g/mol. The van der Waals surface area contributed by atoms with Crippen molar-refractivity contribution in [2.24, 2.45) is 5.92 Å². The fourth-order valence-corrected chi connectivity index (χ4v) is 1.79. The number of ether oxygens (including phenoxy) is 1. The maximum Gasteiger partial charge on any atom is 0.139 e. The van der Waals surface area contributed by atoms with Crippen LogP contribution in [0.5, 0.6) is 5.75 Å². The topological polar surface area (TPSA) is 21.3 Å². The first-order valence-electron chi connectivity index (χ1n) is 5.37. The van der Waals surface area contributed by atoms with Crippen LogP contribution >= 0.6 is 11.6 Å². The second-order valence-electron chi connectivity index (χ2n) is 4.01. The number of nitrogens with one attached hydrogen (secondary N) is 1. The molecule has 15 heavy (non-hydrogen) atoms. The van der Waals surface area contributed by atoms with Crippen molar-refractivity contribution in [3.8, 4) is 5.75 Å². The standard InChI is InChI=1S/C12H16ClNO/c1-15-12-8-10(4-5-11(12)13)14-7-6-9-2-3-9/h4-5,8-9,14H,2-3,6-7H2,1H3. The number of rotatable bonds is 5. The van der Waals surface area contributed by atoms with Gasteiger partial charge in [-0.2, -0.15) is 0 Å². The van der Waals surface area contributed by atoms with Gasteiger partial charge in [0.1, 0.15) is 5.75 Å². The van der Waals surface area contributed by atoms with Gasteiger partial charge in [0.25, 0.3) is 0 Å². The zero-order chi connectivity index (χ0) is 10.7. The molecule has 3 heteroatoms. The number of methoxy groups -OCH3 is 1. The third-order valence-corrected chi connectivity index (χ3v) is 3.04. The molecule has 0 aliphatic heterocycles. The van der Waals surface area contributed by atoms with Crippen molar-refractivity contribution in [2.45, 2.75) is 19.3 Å². The second kappa shape index (κ2) is 4.75. The number of benzene rings is 1. The zero-order valence-corrected chi connectivity index (χ0v) is 9.68. The Labute approximate surface area is 95.6 Å². The van der Waals surface area contributed by atoms with Gasteiger partial charge in [-0.25, -0.2) is 0 Å². The highest BCUT2D eigenvalue weighted by Crippen LogP contribution is 2.32. The minimum absolute atomic E-state index is 0.658. The van der Waals surface area contributed by atoms with E-state index in [0.29, 0.717) is 5.02 Å². The smallest absolute Gasteiger partial charge is 0.139 e. The van der Waals surface area contributed by atoms with Gasteiger partial charge in [0.2, 0.25) is 0 Å². The van der Waals surface area contributed by atoms with E-state index in [9.17, 15) is 0 Å². The molecule has 1 aliphatic carbocycles. The zero-order valence-electron chi connectivity index (χ0n) is 8.92. The van der Waals surface area contributed by atoms with Crippen molar-refractivity contribution < 1.29 is 4.74 Å². The van der Waals surface area contributed by atoms with Crippen LogP contribution in [0.15, 0.2) is 18.2 Å². The summed E-state index contributed by atoms with van der Waals surface area (Å²) in [5, 5.41) is 4.04. The van der Waals surface area contributed by atoms with E-state index in [-0.39, 0.29) is 0 Å². The summed E-state index contributed by atoms with van der Waals surface area (Å²) < 4.78 is 5.15. The Hall–Kier alpha value is -0.890. The molecule has 0 radical (unpaired) electrons. The van der Waals surface area contributed by atoms with Crippen molar-refractivity contribution in [3.05, 3.63) is 23.2 Å². The first kappa shape index (κ1) is 10.6. The third kappa shape index (κ3) is 3.03. The summed E-state index contributed by atoms with van der Waals surface area (Å²) >= 11 is 5.94. The van der Waals surface area contributed by atoms with Crippen LogP contribution in [0.1, 0.15) is 19.3 Å². The second-order valence-corrected chi connectivity index (χ2v) is 4.42. The monoisotopic (exact) mass is 225 g/mol. The van der Waals surface area contributed by atoms with Gasteiger partial charge >= 0.3 is 0 Å². The maximum atomic E-state index is 5.94. The van der Waals surface area contributed by atoms with Gasteiger partial charge in [-0.3, -0.25) is 0 Å². The fraction of sp³-hybridized carbons (Fsp3) is 0.500. The van der Waals surface area contributed by atoms with E-state index in [4.69, 9.17) is 16.3 Å². The Kier molecular flexibility index (Phi) is 3.37. The maximum absolute atomic E-state index is 5.94. The molecule has 0 amide bonds. The molecule has 1 aliphatic rings. The molecule has 2 rings (SSSR count). The van der Waals surface area contributed by atoms with E-state index < -0.39 is 0 Å². The average Bonchev–Trinajstić information content (AvgIpc) is 3.04. The molecular weight excluding hydrogens is 210 g/mol. The summed E-state index contributed by atoms with van der Waals surface area (Å²) in [5.74, 6) is 1.69. The molecule has 0 atom stereocenters. The van der Waals surface area contributed by atoms with Crippen LogP contribution < -0.4 is 10.1 Å². The SMILES string of the molecule is COc1cc(NCCC2CC2)ccc1Cl. The predicted molar refractivity (Wildman–Crippen MR) is 63.8 cm³/mol. The summed E-state index contributed by atoms with van der Waals surface area (Å²) in [6.45, 7) is 1.04. The van der Waals surface area contributed by atoms with Gasteiger partial charge in [0.05, 0.1) is 12.1 Å². The predicted octanol–water partition coefficient (Wildman–Crippen LogP) is 3.56. The van der Waals surface area contributed by atoms with E-state index in [1.54, 1.807) is 7.11 Å². The molecule has 1 saturated carbocycles. The summed E-state index contributed by atoms with van der Waals surface area (Å²) in [4.78, 5) is 0. The Morgan fingerprint density at radius 3 is 2.93 bits per heavy atom. The van der Waals surface area contributed by atoms with Crippen LogP contribution in [0.2, 0.25) is 5.02 Å². The van der Waals surface area contributed by atoms with E-state index in [1.165, 1.54) is 19.3 Å². The van der Waals surface area contributed by atoms with Gasteiger partial charge in [-0.15, -0.1) is 0 Å². The Morgan fingerprint density at radius 2 is 2.27 bits per heavy atom. The lowest BCUT2D eigenvalue weighted by Crippen LogP contribution is -2.02. The lowest BCUT2D eigenvalue weighted by atomic mass is 10.2. The fourth-order valence-electron chi connectivity index (χ4n) is 1.60. The van der Waals surface area contributed by atoms with Crippen LogP contribution in [0.25, 0.3) is 0 Å². The van der Waals surface area contributed by atoms with Gasteiger partial charge in [0.15, 0.2) is 0 Å². The van der Waals surface area contributed by atoms with Crippen molar-refractivity contribution in [2.75, 3.05) is 19.0 Å². The van der Waals surface area contributed by atoms with Crippen LogP contribution in [-0.2, 0) is 0 Å². The van der Waals surface area contributed by atoms with Gasteiger partial charge in [-0.05, 0) is 24.5 Å². The minimum atomic E-state index is 0.658. The van der Waals surface area contributed by atoms with Crippen LogP contribution in [-0.4, -0.2) is 13.7 Å². The molecule has 1 fully saturated rings. The first-order chi connectivity index (χ1) is 7.29. The lowest BCUT2D eigenvalue weighted by Gasteiger charge is -2.08. The summed E-state index contributed by atoms with van der Waals surface area (Å²) in [5.41, 5.74) is 1.08. The Balaban J connectivity index is 1.89. The number of halogens is 1. The molecule has 82 valence electrons. The van der Waals surface area contributed by atoms with Crippen molar-refractivity contribution in [1.29, 1.82) is 0 Å². The summed E-state index contributed by atoms with van der Waals surface area (Å²) in [7, 11) is 1.63. The van der Waals surface area contributed by atoms with Crippen LogP contribution in [0.4, 0.5) is 5.69 Å². The van der Waals surface area contributed by atoms with Gasteiger partial charge in [-0.1, -0.05) is 24.4 Å². The highest BCUT2D eigenvalue weighted by atomic mass is 35.5. The molecular formula is C12H16ClNO. The van der Waals surface area contributed by atoms with E-state index in [1.807, 2.05) is 18.2 Å². The number of hydrogen-bond donors (Lipinski definition) is 1. The highest BCUT2D eigenvalue weighted by molar-refractivity contribution is 6.32. The number of hydrogen-bond acceptors (Lipinski definition) is 2. The lowest BCUT2D eigenvalue weighted by molar-refractivity contribution is 0.415. The Bertz CT molecular complexity index is 336. The quantitative estimate of drug-likeness (QED) is 0.828. The highest BCUT2D eigenvalue weighted by Gasteiger charge is 2.20.